The minimum Gasteiger partial charge on any atom is -0.393 e. The number of nitrogens with zero attached hydrogens (tertiary/aromatic N) is 3. The maximum atomic E-state index is 11.8. The Hall–Kier alpha value is -3.85. The zero-order valence-electron chi connectivity index (χ0n) is 28.8. The van der Waals surface area contributed by atoms with Crippen LogP contribution in [-0.2, 0) is 37.7 Å². The zero-order valence-corrected chi connectivity index (χ0v) is 32.0. The molecule has 3 aromatic rings. The molecule has 0 unspecified atom stereocenters. The summed E-state index contributed by atoms with van der Waals surface area (Å²) in [5.74, 6) is 0.0245. The zero-order chi connectivity index (χ0) is 38.7. The van der Waals surface area contributed by atoms with Crippen LogP contribution in [0.25, 0.3) is 0 Å². The van der Waals surface area contributed by atoms with Gasteiger partial charge in [0.05, 0.1) is 69.0 Å². The Balaban J connectivity index is 0.000000196. The van der Waals surface area contributed by atoms with E-state index in [0.29, 0.717) is 38.5 Å². The largest absolute Gasteiger partial charge is 0.393 e. The van der Waals surface area contributed by atoms with Gasteiger partial charge in [-0.05, 0) is 95.7 Å². The Morgan fingerprint density at radius 3 is 1.04 bits per heavy atom. The van der Waals surface area contributed by atoms with Crippen molar-refractivity contribution in [2.45, 2.75) is 92.3 Å². The summed E-state index contributed by atoms with van der Waals surface area (Å²) in [4.78, 5) is 0.483. The molecule has 6 rings (SSSR count). The number of nitriles is 3. The van der Waals surface area contributed by atoms with Crippen LogP contribution in [0.2, 0.25) is 0 Å². The second kappa shape index (κ2) is 18.8. The van der Waals surface area contributed by atoms with Crippen LogP contribution in [0.15, 0.2) is 87.5 Å². The third-order valence-corrected chi connectivity index (χ3v) is 12.4. The highest BCUT2D eigenvalue weighted by atomic mass is 35.7. The van der Waals surface area contributed by atoms with Gasteiger partial charge in [-0.3, -0.25) is 8.37 Å². The SMILES string of the molecule is Cc1ccc(S(=O)(=O)Cl)cc1.Cc1ccc(S(=O)(=O)OC2CC(C#N)C2)cc1.Cc1ccc(S(=O)(=O)OC2CC(C#N)C2)cc1.N#CC1CC(O)C1. The van der Waals surface area contributed by atoms with Crippen molar-refractivity contribution in [2.75, 3.05) is 0 Å². The molecule has 3 saturated carbocycles. The maximum absolute atomic E-state index is 11.8. The highest BCUT2D eigenvalue weighted by Crippen LogP contribution is 2.33. The van der Waals surface area contributed by atoms with Crippen LogP contribution in [0.5, 0.6) is 0 Å². The molecule has 1 N–H and O–H groups in total. The molecule has 0 heterocycles. The fourth-order valence-corrected chi connectivity index (χ4v) is 7.73. The Kier molecular flexibility index (Phi) is 15.4. The van der Waals surface area contributed by atoms with Gasteiger partial charge in [-0.15, -0.1) is 0 Å². The molecular weight excluding hydrogens is 750 g/mol. The minimum atomic E-state index is -3.68. The number of rotatable bonds is 7. The Labute approximate surface area is 310 Å². The Morgan fingerprint density at radius 1 is 0.538 bits per heavy atom. The van der Waals surface area contributed by atoms with Crippen molar-refractivity contribution in [3.05, 3.63) is 89.5 Å². The molecule has 0 radical (unpaired) electrons. The van der Waals surface area contributed by atoms with Crippen molar-refractivity contribution < 1.29 is 38.7 Å². The van der Waals surface area contributed by atoms with Gasteiger partial charge in [0.15, 0.2) is 0 Å². The summed E-state index contributed by atoms with van der Waals surface area (Å²) in [7, 11) is -5.82. The Bertz CT molecular complexity index is 1990. The van der Waals surface area contributed by atoms with Crippen LogP contribution in [0.3, 0.4) is 0 Å². The number of aliphatic hydroxyl groups is 1. The molecule has 12 nitrogen and oxygen atoms in total. The van der Waals surface area contributed by atoms with E-state index in [1.54, 1.807) is 36.4 Å². The fraction of sp³-hybridized carbons (Fsp3) is 0.417. The van der Waals surface area contributed by atoms with Crippen LogP contribution in [-0.4, -0.2) is 48.7 Å². The van der Waals surface area contributed by atoms with Crippen molar-refractivity contribution in [2.24, 2.45) is 17.8 Å². The summed E-state index contributed by atoms with van der Waals surface area (Å²) in [5.41, 5.74) is 3.00. The second-order valence-corrected chi connectivity index (χ2v) is 18.5. The predicted molar refractivity (Wildman–Crippen MR) is 192 cm³/mol. The van der Waals surface area contributed by atoms with E-state index in [0.717, 1.165) is 16.7 Å². The van der Waals surface area contributed by atoms with Gasteiger partial charge in [0, 0.05) is 10.7 Å². The van der Waals surface area contributed by atoms with Crippen molar-refractivity contribution in [3.63, 3.8) is 0 Å². The van der Waals surface area contributed by atoms with Gasteiger partial charge in [-0.25, -0.2) is 8.42 Å². The van der Waals surface area contributed by atoms with Crippen LogP contribution in [0.1, 0.15) is 55.2 Å². The van der Waals surface area contributed by atoms with Gasteiger partial charge in [0.2, 0.25) is 0 Å². The summed E-state index contributed by atoms with van der Waals surface area (Å²) < 4.78 is 78.9. The molecular formula is C36H40ClN3O9S3. The average molecular weight is 790 g/mol. The molecule has 0 aromatic heterocycles. The molecule has 16 heteroatoms. The van der Waals surface area contributed by atoms with Gasteiger partial charge in [0.25, 0.3) is 29.3 Å². The number of hydrogen-bond donors (Lipinski definition) is 1. The molecule has 52 heavy (non-hydrogen) atoms. The summed E-state index contributed by atoms with van der Waals surface area (Å²) in [6, 6.07) is 25.7. The monoisotopic (exact) mass is 789 g/mol. The van der Waals surface area contributed by atoms with Crippen molar-refractivity contribution in [1.82, 2.24) is 0 Å². The molecule has 0 aliphatic heterocycles. The van der Waals surface area contributed by atoms with E-state index in [-0.39, 0.29) is 50.8 Å². The van der Waals surface area contributed by atoms with Crippen LogP contribution >= 0.6 is 10.7 Å². The van der Waals surface area contributed by atoms with Gasteiger partial charge >= 0.3 is 0 Å². The first-order valence-corrected chi connectivity index (χ1v) is 21.4. The third-order valence-electron chi connectivity index (χ3n) is 8.30. The Morgan fingerprint density at radius 2 is 0.808 bits per heavy atom. The molecule has 0 atom stereocenters. The van der Waals surface area contributed by atoms with Gasteiger partial charge in [-0.1, -0.05) is 53.1 Å². The molecule has 278 valence electrons. The van der Waals surface area contributed by atoms with E-state index in [2.05, 4.69) is 18.2 Å². The summed E-state index contributed by atoms with van der Waals surface area (Å²) in [5, 5.41) is 33.9. The van der Waals surface area contributed by atoms with Crippen molar-refractivity contribution in [1.29, 1.82) is 15.8 Å². The number of hydrogen-bond acceptors (Lipinski definition) is 12. The fourth-order valence-electron chi connectivity index (χ4n) is 4.77. The molecule has 0 saturated heterocycles. The predicted octanol–water partition coefficient (Wildman–Crippen LogP) is 6.21. The summed E-state index contributed by atoms with van der Waals surface area (Å²) in [6.07, 6.45) is 2.53. The smallest absolute Gasteiger partial charge is 0.297 e. The molecule has 0 spiro atoms. The summed E-state index contributed by atoms with van der Waals surface area (Å²) >= 11 is 0. The first-order valence-electron chi connectivity index (χ1n) is 16.2. The number of aryl methyl sites for hydroxylation is 3. The highest BCUT2D eigenvalue weighted by Gasteiger charge is 2.35. The molecule has 3 aliphatic rings. The number of halogens is 1. The molecule has 0 bridgehead atoms. The lowest BCUT2D eigenvalue weighted by molar-refractivity contribution is 0.0657. The lowest BCUT2D eigenvalue weighted by Crippen LogP contribution is -2.32. The molecule has 3 aliphatic carbocycles. The third kappa shape index (κ3) is 13.3. The maximum Gasteiger partial charge on any atom is 0.297 e. The number of aliphatic hydroxyl groups excluding tert-OH is 1. The molecule has 0 amide bonds. The quantitative estimate of drug-likeness (QED) is 0.209. The average Bonchev–Trinajstić information content (AvgIpc) is 3.03. The molecule has 3 fully saturated rings. The lowest BCUT2D eigenvalue weighted by atomic mass is 9.84. The van der Waals surface area contributed by atoms with Crippen molar-refractivity contribution in [3.8, 4) is 18.2 Å². The lowest BCUT2D eigenvalue weighted by Gasteiger charge is -2.29. The molecule has 3 aromatic carbocycles. The highest BCUT2D eigenvalue weighted by molar-refractivity contribution is 8.13. The van der Waals surface area contributed by atoms with E-state index >= 15 is 0 Å². The van der Waals surface area contributed by atoms with E-state index in [1.807, 2.05) is 20.8 Å². The van der Waals surface area contributed by atoms with E-state index in [4.69, 9.17) is 39.9 Å². The normalized spacial score (nSPS) is 23.2. The first kappa shape index (κ1) is 42.6. The summed E-state index contributed by atoms with van der Waals surface area (Å²) in [6.45, 7) is 5.66. The first-order chi connectivity index (χ1) is 24.3. The van der Waals surface area contributed by atoms with E-state index < -0.39 is 29.3 Å². The topological polar surface area (TPSA) is 212 Å². The van der Waals surface area contributed by atoms with E-state index in [1.165, 1.54) is 36.4 Å². The second-order valence-electron chi connectivity index (χ2n) is 12.8. The van der Waals surface area contributed by atoms with Gasteiger partial charge < -0.3 is 5.11 Å². The van der Waals surface area contributed by atoms with E-state index in [9.17, 15) is 25.3 Å². The van der Waals surface area contributed by atoms with Gasteiger partial charge in [-0.2, -0.15) is 32.6 Å². The van der Waals surface area contributed by atoms with Crippen LogP contribution < -0.4 is 0 Å². The van der Waals surface area contributed by atoms with Gasteiger partial charge in [0.1, 0.15) is 0 Å². The standard InChI is InChI=1S/2C12H13NO3S.C7H7ClO2S.C5H7NO/c2*1-9-2-4-12(5-3-9)17(14,15)16-11-6-10(7-11)8-13;1-6-2-4-7(5-3-6)11(8,9)10;6-3-4-1-5(7)2-4/h2*2-5,10-11H,6-7H2,1H3;2-5H,1H3;4-5,7H,1-2H2. The van der Waals surface area contributed by atoms with Crippen molar-refractivity contribution >= 4 is 40.0 Å². The number of benzene rings is 3. The van der Waals surface area contributed by atoms with Crippen LogP contribution in [0, 0.1) is 72.5 Å². The van der Waals surface area contributed by atoms with Crippen LogP contribution in [0.4, 0.5) is 0 Å². The minimum absolute atomic E-state index is 0.0618.